The molecule has 0 saturated heterocycles. The van der Waals surface area contributed by atoms with E-state index in [2.05, 4.69) is 61.5 Å². The number of hydrogen-bond acceptors (Lipinski definition) is 3. The number of imidazole rings is 1. The van der Waals surface area contributed by atoms with Gasteiger partial charge in [0.05, 0.1) is 28.5 Å². The SMILES string of the molecule is [2H]C([2H])([2H])c1ccc2c(c1)oc1c(-c3nc4ccncc4n3-c3c(C(C)C)cc(-c4ccccc4)cc3C(C)C)ccc(C([2H])([2H])[2H])c12. The summed E-state index contributed by atoms with van der Waals surface area (Å²) in [5.41, 5.74) is 8.53. The Labute approximate surface area is 255 Å². The van der Waals surface area contributed by atoms with E-state index in [1.807, 2.05) is 24.3 Å². The molecule has 0 aliphatic heterocycles. The van der Waals surface area contributed by atoms with Gasteiger partial charge in [-0.15, -0.1) is 0 Å². The van der Waals surface area contributed by atoms with Crippen LogP contribution in [0, 0.1) is 13.7 Å². The van der Waals surface area contributed by atoms with Crippen molar-refractivity contribution in [3.8, 4) is 28.2 Å². The Hall–Kier alpha value is -4.70. The summed E-state index contributed by atoms with van der Waals surface area (Å²) in [5.74, 6) is 0.864. The average molecular weight is 556 g/mol. The van der Waals surface area contributed by atoms with Gasteiger partial charge in [0, 0.05) is 25.2 Å². The minimum absolute atomic E-state index is 0.117. The van der Waals surface area contributed by atoms with Crippen molar-refractivity contribution in [2.45, 2.75) is 53.2 Å². The molecule has 0 radical (unpaired) electrons. The highest BCUT2D eigenvalue weighted by molar-refractivity contribution is 6.11. The Kier molecular flexibility index (Phi) is 4.81. The van der Waals surface area contributed by atoms with Gasteiger partial charge in [-0.05, 0) is 89.3 Å². The number of furan rings is 1. The molecule has 42 heavy (non-hydrogen) atoms. The summed E-state index contributed by atoms with van der Waals surface area (Å²) in [4.78, 5) is 9.63. The molecular formula is C38H35N3O. The fraction of sp³-hybridized carbons (Fsp3) is 0.211. The van der Waals surface area contributed by atoms with Crippen LogP contribution in [0.1, 0.15) is 70.0 Å². The molecule has 7 rings (SSSR count). The second kappa shape index (κ2) is 9.99. The zero-order valence-electron chi connectivity index (χ0n) is 30.1. The third-order valence-electron chi connectivity index (χ3n) is 8.06. The number of aryl methyl sites for hydroxylation is 2. The first-order valence-electron chi connectivity index (χ1n) is 17.3. The molecule has 4 aromatic carbocycles. The Morgan fingerprint density at radius 2 is 1.60 bits per heavy atom. The van der Waals surface area contributed by atoms with Crippen LogP contribution in [0.25, 0.3) is 61.2 Å². The van der Waals surface area contributed by atoms with Gasteiger partial charge in [-0.2, -0.15) is 0 Å². The number of rotatable bonds is 5. The lowest BCUT2D eigenvalue weighted by Crippen LogP contribution is -2.09. The maximum atomic E-state index is 8.36. The molecule has 0 saturated carbocycles. The van der Waals surface area contributed by atoms with Gasteiger partial charge < -0.3 is 4.42 Å². The molecule has 4 heteroatoms. The highest BCUT2D eigenvalue weighted by atomic mass is 16.3. The van der Waals surface area contributed by atoms with Crippen molar-refractivity contribution in [1.82, 2.24) is 14.5 Å². The van der Waals surface area contributed by atoms with Gasteiger partial charge in [0.15, 0.2) is 0 Å². The monoisotopic (exact) mass is 555 g/mol. The van der Waals surface area contributed by atoms with Crippen LogP contribution < -0.4 is 0 Å². The van der Waals surface area contributed by atoms with Crippen LogP contribution in [0.2, 0.25) is 0 Å². The normalized spacial score (nSPS) is 14.7. The molecule has 0 fully saturated rings. The molecule has 0 unspecified atom stereocenters. The van der Waals surface area contributed by atoms with Crippen LogP contribution in [0.5, 0.6) is 0 Å². The van der Waals surface area contributed by atoms with Crippen molar-refractivity contribution in [3.05, 3.63) is 114 Å². The lowest BCUT2D eigenvalue weighted by molar-refractivity contribution is 0.669. The van der Waals surface area contributed by atoms with Gasteiger partial charge in [-0.3, -0.25) is 9.55 Å². The van der Waals surface area contributed by atoms with E-state index in [1.54, 1.807) is 30.6 Å². The van der Waals surface area contributed by atoms with E-state index < -0.39 is 13.7 Å². The van der Waals surface area contributed by atoms with Crippen LogP contribution in [-0.2, 0) is 0 Å². The van der Waals surface area contributed by atoms with Crippen molar-refractivity contribution >= 4 is 33.0 Å². The zero-order valence-corrected chi connectivity index (χ0v) is 24.1. The van der Waals surface area contributed by atoms with E-state index in [0.717, 1.165) is 39.0 Å². The van der Waals surface area contributed by atoms with Crippen molar-refractivity contribution in [3.63, 3.8) is 0 Å². The molecule has 4 nitrogen and oxygen atoms in total. The highest BCUT2D eigenvalue weighted by Gasteiger charge is 2.26. The Morgan fingerprint density at radius 3 is 2.31 bits per heavy atom. The summed E-state index contributed by atoms with van der Waals surface area (Å²) >= 11 is 0. The van der Waals surface area contributed by atoms with Crippen LogP contribution in [-0.4, -0.2) is 14.5 Å². The second-order valence-corrected chi connectivity index (χ2v) is 11.5. The molecule has 3 aromatic heterocycles. The predicted octanol–water partition coefficient (Wildman–Crippen LogP) is 10.5. The lowest BCUT2D eigenvalue weighted by Gasteiger charge is -2.24. The van der Waals surface area contributed by atoms with E-state index in [4.69, 9.17) is 17.6 Å². The largest absolute Gasteiger partial charge is 0.455 e. The molecule has 208 valence electrons. The maximum absolute atomic E-state index is 8.36. The molecule has 3 heterocycles. The predicted molar refractivity (Wildman–Crippen MR) is 175 cm³/mol. The Balaban J connectivity index is 1.60. The Bertz CT molecular complexity index is 2300. The summed E-state index contributed by atoms with van der Waals surface area (Å²) in [5, 5.41) is 0.956. The van der Waals surface area contributed by atoms with Crippen LogP contribution in [0.3, 0.4) is 0 Å². The quantitative estimate of drug-likeness (QED) is 0.212. The number of fused-ring (bicyclic) bond motifs is 4. The van der Waals surface area contributed by atoms with E-state index >= 15 is 0 Å². The van der Waals surface area contributed by atoms with Crippen LogP contribution in [0.15, 0.2) is 95.7 Å². The van der Waals surface area contributed by atoms with Gasteiger partial charge in [-0.1, -0.05) is 76.2 Å². The number of hydrogen-bond donors (Lipinski definition) is 0. The lowest BCUT2D eigenvalue weighted by atomic mass is 9.88. The van der Waals surface area contributed by atoms with Gasteiger partial charge in [0.25, 0.3) is 0 Å². The fourth-order valence-electron chi connectivity index (χ4n) is 6.00. The van der Waals surface area contributed by atoms with E-state index in [-0.39, 0.29) is 23.0 Å². The van der Waals surface area contributed by atoms with Crippen LogP contribution >= 0.6 is 0 Å². The van der Waals surface area contributed by atoms with Gasteiger partial charge in [-0.25, -0.2) is 4.98 Å². The number of aromatic nitrogens is 3. The summed E-state index contributed by atoms with van der Waals surface area (Å²) in [7, 11) is 0. The minimum Gasteiger partial charge on any atom is -0.455 e. The summed E-state index contributed by atoms with van der Waals surface area (Å²) in [6, 6.07) is 24.7. The third kappa shape index (κ3) is 4.13. The zero-order chi connectivity index (χ0) is 34.1. The summed E-state index contributed by atoms with van der Waals surface area (Å²) in [6.07, 6.45) is 3.51. The molecule has 0 amide bonds. The first kappa shape index (κ1) is 20.2. The second-order valence-electron chi connectivity index (χ2n) is 11.5. The van der Waals surface area contributed by atoms with E-state index in [0.29, 0.717) is 33.3 Å². The van der Waals surface area contributed by atoms with E-state index in [1.165, 1.54) is 12.1 Å². The number of pyridine rings is 1. The highest BCUT2D eigenvalue weighted by Crippen LogP contribution is 2.43. The average Bonchev–Trinajstić information content (AvgIpc) is 3.61. The molecule has 7 aromatic rings. The van der Waals surface area contributed by atoms with Gasteiger partial charge in [0.2, 0.25) is 0 Å². The molecule has 0 bridgehead atoms. The van der Waals surface area contributed by atoms with Gasteiger partial charge in [0.1, 0.15) is 17.0 Å². The minimum atomic E-state index is -2.44. The molecular weight excluding hydrogens is 514 g/mol. The topological polar surface area (TPSA) is 43.9 Å². The molecule has 0 aliphatic rings. The molecule has 0 aliphatic carbocycles. The Morgan fingerprint density at radius 1 is 0.810 bits per heavy atom. The smallest absolute Gasteiger partial charge is 0.149 e. The molecule has 0 spiro atoms. The molecule has 0 N–H and O–H groups in total. The summed E-state index contributed by atoms with van der Waals surface area (Å²) < 4.78 is 57.5. The number of nitrogens with zero attached hydrogens (tertiary/aromatic N) is 3. The van der Waals surface area contributed by atoms with Crippen LogP contribution in [0.4, 0.5) is 0 Å². The molecule has 0 atom stereocenters. The van der Waals surface area contributed by atoms with Gasteiger partial charge >= 0.3 is 0 Å². The maximum Gasteiger partial charge on any atom is 0.149 e. The fourth-order valence-corrected chi connectivity index (χ4v) is 6.00. The summed E-state index contributed by atoms with van der Waals surface area (Å²) in [6.45, 7) is 3.93. The first-order chi connectivity index (χ1) is 22.7. The van der Waals surface area contributed by atoms with E-state index in [9.17, 15) is 0 Å². The van der Waals surface area contributed by atoms with Crippen molar-refractivity contribution in [2.24, 2.45) is 0 Å². The van der Waals surface area contributed by atoms with Crippen molar-refractivity contribution in [1.29, 1.82) is 0 Å². The number of benzene rings is 4. The van der Waals surface area contributed by atoms with Crippen molar-refractivity contribution < 1.29 is 12.6 Å². The van der Waals surface area contributed by atoms with Crippen molar-refractivity contribution in [2.75, 3.05) is 0 Å². The third-order valence-corrected chi connectivity index (χ3v) is 8.06. The first-order valence-corrected chi connectivity index (χ1v) is 14.3. The standard InChI is InChI=1S/C38H35N3O/c1-22(2)30-19-27(26-10-8-7-9-11-26)20-31(23(3)4)36(30)41-33-21-39-17-16-32(33)40-38(41)29-15-13-25(6)35-28-14-12-24(5)18-34(28)42-37(29)35/h7-23H,1-6H3/i5D3,6D3.